The predicted molar refractivity (Wildman–Crippen MR) is 100 cm³/mol. The maximum absolute atomic E-state index is 12.5. The van der Waals surface area contributed by atoms with Crippen molar-refractivity contribution in [1.29, 1.82) is 0 Å². The van der Waals surface area contributed by atoms with E-state index in [1.807, 2.05) is 12.1 Å². The molecule has 0 bridgehead atoms. The van der Waals surface area contributed by atoms with Crippen molar-refractivity contribution in [2.75, 3.05) is 0 Å². The fourth-order valence-electron chi connectivity index (χ4n) is 2.69. The lowest BCUT2D eigenvalue weighted by Crippen LogP contribution is -2.38. The van der Waals surface area contributed by atoms with E-state index in [4.69, 9.17) is 5.11 Å². The normalized spacial score (nSPS) is 12.4. The van der Waals surface area contributed by atoms with Crippen LogP contribution in [0.3, 0.4) is 0 Å². The van der Waals surface area contributed by atoms with Gasteiger partial charge < -0.3 is 15.5 Å². The number of aromatic hydroxyl groups is 1. The van der Waals surface area contributed by atoms with Crippen molar-refractivity contribution in [3.63, 3.8) is 0 Å². The van der Waals surface area contributed by atoms with Crippen LogP contribution in [0, 0.1) is 0 Å². The SMILES string of the molecule is CC(C)(C)c1ccc(C(=O)NC(CC(=O)O)Cc2ccc(O)cc2)cc1. The smallest absolute Gasteiger partial charge is 0.305 e. The van der Waals surface area contributed by atoms with Crippen molar-refractivity contribution in [1.82, 2.24) is 5.32 Å². The number of carboxylic acids is 1. The van der Waals surface area contributed by atoms with Crippen LogP contribution in [-0.2, 0) is 16.6 Å². The monoisotopic (exact) mass is 355 g/mol. The van der Waals surface area contributed by atoms with Gasteiger partial charge in [-0.3, -0.25) is 9.59 Å². The van der Waals surface area contributed by atoms with Crippen LogP contribution in [0.4, 0.5) is 0 Å². The lowest BCUT2D eigenvalue weighted by Gasteiger charge is -2.20. The molecule has 3 N–H and O–H groups in total. The first kappa shape index (κ1) is 19.5. The zero-order valence-corrected chi connectivity index (χ0v) is 15.3. The maximum atomic E-state index is 12.5. The lowest BCUT2D eigenvalue weighted by atomic mass is 9.86. The second kappa shape index (κ2) is 8.04. The Balaban J connectivity index is 2.10. The van der Waals surface area contributed by atoms with Crippen LogP contribution < -0.4 is 5.32 Å². The van der Waals surface area contributed by atoms with E-state index in [-0.39, 0.29) is 23.5 Å². The molecule has 138 valence electrons. The van der Waals surface area contributed by atoms with Gasteiger partial charge in [0.15, 0.2) is 0 Å². The number of amides is 1. The van der Waals surface area contributed by atoms with Crippen molar-refractivity contribution < 1.29 is 19.8 Å². The van der Waals surface area contributed by atoms with Crippen LogP contribution in [0.5, 0.6) is 5.75 Å². The first-order chi connectivity index (χ1) is 12.1. The number of carbonyl (C=O) groups is 2. The van der Waals surface area contributed by atoms with Gasteiger partial charge in [0.2, 0.25) is 0 Å². The highest BCUT2D eigenvalue weighted by atomic mass is 16.4. The Kier molecular flexibility index (Phi) is 6.03. The van der Waals surface area contributed by atoms with Gasteiger partial charge in [-0.2, -0.15) is 0 Å². The van der Waals surface area contributed by atoms with E-state index in [1.165, 1.54) is 0 Å². The van der Waals surface area contributed by atoms with Crippen LogP contribution in [0.2, 0.25) is 0 Å². The Hall–Kier alpha value is -2.82. The molecule has 0 saturated carbocycles. The van der Waals surface area contributed by atoms with E-state index in [2.05, 4.69) is 26.1 Å². The zero-order chi connectivity index (χ0) is 19.3. The van der Waals surface area contributed by atoms with Crippen LogP contribution in [0.15, 0.2) is 48.5 Å². The topological polar surface area (TPSA) is 86.6 Å². The number of hydrogen-bond acceptors (Lipinski definition) is 3. The zero-order valence-electron chi connectivity index (χ0n) is 15.3. The van der Waals surface area contributed by atoms with Gasteiger partial charge in [-0.25, -0.2) is 0 Å². The predicted octanol–water partition coefficient (Wildman–Crippen LogP) is 3.51. The number of benzene rings is 2. The molecular weight excluding hydrogens is 330 g/mol. The van der Waals surface area contributed by atoms with E-state index in [0.717, 1.165) is 11.1 Å². The fourth-order valence-corrected chi connectivity index (χ4v) is 2.69. The third-order valence-electron chi connectivity index (χ3n) is 4.19. The minimum atomic E-state index is -0.975. The van der Waals surface area contributed by atoms with Gasteiger partial charge in [0.1, 0.15) is 5.75 Å². The first-order valence-electron chi connectivity index (χ1n) is 8.56. The van der Waals surface area contributed by atoms with Crippen molar-refractivity contribution >= 4 is 11.9 Å². The molecule has 5 heteroatoms. The van der Waals surface area contributed by atoms with Gasteiger partial charge in [-0.05, 0) is 47.2 Å². The molecule has 0 aliphatic rings. The Morgan fingerprint density at radius 1 is 1.00 bits per heavy atom. The summed E-state index contributed by atoms with van der Waals surface area (Å²) in [5, 5.41) is 21.3. The van der Waals surface area contributed by atoms with Crippen molar-refractivity contribution in [3.05, 3.63) is 65.2 Å². The minimum Gasteiger partial charge on any atom is -0.508 e. The highest BCUT2D eigenvalue weighted by molar-refractivity contribution is 5.94. The van der Waals surface area contributed by atoms with E-state index in [0.29, 0.717) is 12.0 Å². The Labute approximate surface area is 153 Å². The Morgan fingerprint density at radius 3 is 2.08 bits per heavy atom. The summed E-state index contributed by atoms with van der Waals surface area (Å²) in [6, 6.07) is 13.3. The van der Waals surface area contributed by atoms with Crippen LogP contribution in [-0.4, -0.2) is 28.1 Å². The Bertz CT molecular complexity index is 758. The van der Waals surface area contributed by atoms with E-state index >= 15 is 0 Å². The van der Waals surface area contributed by atoms with Gasteiger partial charge in [0, 0.05) is 11.6 Å². The molecular formula is C21H25NO4. The van der Waals surface area contributed by atoms with E-state index in [1.54, 1.807) is 36.4 Å². The molecule has 0 fully saturated rings. The summed E-state index contributed by atoms with van der Waals surface area (Å²) < 4.78 is 0. The van der Waals surface area contributed by atoms with Crippen LogP contribution in [0.25, 0.3) is 0 Å². The third kappa shape index (κ3) is 5.62. The van der Waals surface area contributed by atoms with Crippen molar-refractivity contribution in [2.45, 2.75) is 45.1 Å². The van der Waals surface area contributed by atoms with Gasteiger partial charge >= 0.3 is 5.97 Å². The minimum absolute atomic E-state index is 0.000280. The molecule has 2 aromatic rings. The van der Waals surface area contributed by atoms with E-state index < -0.39 is 12.0 Å². The van der Waals surface area contributed by atoms with E-state index in [9.17, 15) is 14.7 Å². The van der Waals surface area contributed by atoms with Gasteiger partial charge in [-0.1, -0.05) is 45.0 Å². The number of nitrogens with one attached hydrogen (secondary N) is 1. The lowest BCUT2D eigenvalue weighted by molar-refractivity contribution is -0.137. The second-order valence-electron chi connectivity index (χ2n) is 7.47. The molecule has 0 spiro atoms. The van der Waals surface area contributed by atoms with Gasteiger partial charge in [0.05, 0.1) is 6.42 Å². The summed E-state index contributed by atoms with van der Waals surface area (Å²) in [4.78, 5) is 23.6. The first-order valence-corrected chi connectivity index (χ1v) is 8.56. The third-order valence-corrected chi connectivity index (χ3v) is 4.19. The molecule has 0 saturated heterocycles. The summed E-state index contributed by atoms with van der Waals surface area (Å²) in [5.74, 6) is -1.13. The Morgan fingerprint density at radius 2 is 1.58 bits per heavy atom. The molecule has 26 heavy (non-hydrogen) atoms. The number of aliphatic carboxylic acids is 1. The molecule has 1 atom stereocenters. The molecule has 2 aromatic carbocycles. The summed E-state index contributed by atoms with van der Waals surface area (Å²) in [6.07, 6.45) is 0.199. The average Bonchev–Trinajstić information content (AvgIpc) is 2.55. The number of hydrogen-bond donors (Lipinski definition) is 3. The maximum Gasteiger partial charge on any atom is 0.305 e. The van der Waals surface area contributed by atoms with Gasteiger partial charge in [0.25, 0.3) is 5.91 Å². The number of phenolic OH excluding ortho intramolecular Hbond substituents is 1. The molecule has 5 nitrogen and oxygen atoms in total. The number of carbonyl (C=O) groups excluding carboxylic acids is 1. The molecule has 2 rings (SSSR count). The van der Waals surface area contributed by atoms with Crippen LogP contribution >= 0.6 is 0 Å². The summed E-state index contributed by atoms with van der Waals surface area (Å²) in [7, 11) is 0. The molecule has 0 aromatic heterocycles. The number of phenols is 1. The molecule has 1 unspecified atom stereocenters. The summed E-state index contributed by atoms with van der Waals surface area (Å²) in [5.41, 5.74) is 2.47. The summed E-state index contributed by atoms with van der Waals surface area (Å²) >= 11 is 0. The van der Waals surface area contributed by atoms with Gasteiger partial charge in [-0.15, -0.1) is 0 Å². The number of rotatable bonds is 6. The molecule has 0 aliphatic heterocycles. The number of carboxylic acid groups (broad SMARTS) is 1. The van der Waals surface area contributed by atoms with Crippen molar-refractivity contribution in [3.8, 4) is 5.75 Å². The standard InChI is InChI=1S/C21H25NO4/c1-21(2,3)16-8-6-15(7-9-16)20(26)22-17(13-19(24)25)12-14-4-10-18(23)11-5-14/h4-11,17,23H,12-13H2,1-3H3,(H,22,26)(H,24,25). The van der Waals surface area contributed by atoms with Crippen LogP contribution in [0.1, 0.15) is 48.7 Å². The molecule has 0 radical (unpaired) electrons. The largest absolute Gasteiger partial charge is 0.508 e. The van der Waals surface area contributed by atoms with Crippen molar-refractivity contribution in [2.24, 2.45) is 0 Å². The highest BCUT2D eigenvalue weighted by Crippen LogP contribution is 2.22. The average molecular weight is 355 g/mol. The summed E-state index contributed by atoms with van der Waals surface area (Å²) in [6.45, 7) is 6.30. The fraction of sp³-hybridized carbons (Fsp3) is 0.333. The molecule has 0 aliphatic carbocycles. The molecule has 0 heterocycles. The highest BCUT2D eigenvalue weighted by Gasteiger charge is 2.19. The second-order valence-corrected chi connectivity index (χ2v) is 7.47. The quantitative estimate of drug-likeness (QED) is 0.740. The molecule has 1 amide bonds.